The molecule has 0 unspecified atom stereocenters. The van der Waals surface area contributed by atoms with Gasteiger partial charge in [0, 0.05) is 13.0 Å². The maximum atomic E-state index is 11.6. The first-order valence-corrected chi connectivity index (χ1v) is 4.40. The molecule has 1 fully saturated rings. The van der Waals surface area contributed by atoms with Crippen molar-refractivity contribution in [1.29, 1.82) is 0 Å². The van der Waals surface area contributed by atoms with Crippen LogP contribution in [0, 0.1) is 5.41 Å². The highest BCUT2D eigenvalue weighted by molar-refractivity contribution is 6.07. The highest BCUT2D eigenvalue weighted by atomic mass is 16.4. The maximum Gasteiger partial charge on any atom is 0.323 e. The number of hydrogen-bond acceptors (Lipinski definition) is 3. The Labute approximate surface area is 81.7 Å². The lowest BCUT2D eigenvalue weighted by molar-refractivity contribution is -0.156. The number of rotatable bonds is 2. The third-order valence-electron chi connectivity index (χ3n) is 2.45. The minimum atomic E-state index is -1.06. The third-order valence-corrected chi connectivity index (χ3v) is 2.45. The van der Waals surface area contributed by atoms with Crippen LogP contribution in [-0.2, 0) is 14.4 Å². The van der Waals surface area contributed by atoms with Crippen LogP contribution in [0.1, 0.15) is 20.3 Å². The Bertz CT molecular complexity index is 295. The summed E-state index contributed by atoms with van der Waals surface area (Å²) in [5.74, 6) is -1.57. The van der Waals surface area contributed by atoms with E-state index >= 15 is 0 Å². The van der Waals surface area contributed by atoms with Crippen molar-refractivity contribution in [3.8, 4) is 0 Å². The maximum absolute atomic E-state index is 11.6. The largest absolute Gasteiger partial charge is 0.480 e. The molecule has 5 heteroatoms. The van der Waals surface area contributed by atoms with Crippen LogP contribution in [0.25, 0.3) is 0 Å². The summed E-state index contributed by atoms with van der Waals surface area (Å²) in [7, 11) is 0. The number of nitrogens with zero attached hydrogens (tertiary/aromatic N) is 1. The number of ketones is 1. The number of likely N-dealkylation sites (tertiary alicyclic amines) is 1. The molecule has 0 aromatic carbocycles. The Morgan fingerprint density at radius 3 is 2.57 bits per heavy atom. The first-order chi connectivity index (χ1) is 6.35. The van der Waals surface area contributed by atoms with Gasteiger partial charge in [0.05, 0.1) is 0 Å². The van der Waals surface area contributed by atoms with Gasteiger partial charge in [0.2, 0.25) is 5.91 Å². The van der Waals surface area contributed by atoms with Gasteiger partial charge in [-0.05, 0) is 13.8 Å². The fraction of sp³-hybridized carbons (Fsp3) is 0.667. The van der Waals surface area contributed by atoms with E-state index in [-0.39, 0.29) is 25.3 Å². The van der Waals surface area contributed by atoms with Gasteiger partial charge in [-0.3, -0.25) is 14.4 Å². The zero-order valence-electron chi connectivity index (χ0n) is 8.24. The number of amides is 1. The van der Waals surface area contributed by atoms with Crippen molar-refractivity contribution in [2.24, 2.45) is 5.41 Å². The summed E-state index contributed by atoms with van der Waals surface area (Å²) in [4.78, 5) is 34.6. The number of carboxylic acid groups (broad SMARTS) is 1. The van der Waals surface area contributed by atoms with Crippen LogP contribution in [0.4, 0.5) is 0 Å². The monoisotopic (exact) mass is 199 g/mol. The van der Waals surface area contributed by atoms with E-state index in [1.165, 1.54) is 18.7 Å². The van der Waals surface area contributed by atoms with Crippen LogP contribution < -0.4 is 0 Å². The second-order valence-electron chi connectivity index (χ2n) is 3.92. The number of piperidine rings is 1. The Morgan fingerprint density at radius 1 is 1.50 bits per heavy atom. The Morgan fingerprint density at radius 2 is 2.07 bits per heavy atom. The summed E-state index contributed by atoms with van der Waals surface area (Å²) in [6.07, 6.45) is 0.242. The minimum absolute atomic E-state index is 0.121. The van der Waals surface area contributed by atoms with Gasteiger partial charge in [-0.25, -0.2) is 0 Å². The molecule has 0 aromatic rings. The molecular formula is C9H13NO4. The molecule has 1 amide bonds. The summed E-state index contributed by atoms with van der Waals surface area (Å²) in [5.41, 5.74) is -1.06. The summed E-state index contributed by atoms with van der Waals surface area (Å²) in [6, 6.07) is 0. The number of hydrogen-bond donors (Lipinski definition) is 1. The fourth-order valence-electron chi connectivity index (χ4n) is 1.48. The van der Waals surface area contributed by atoms with Gasteiger partial charge in [0.25, 0.3) is 0 Å². The van der Waals surface area contributed by atoms with Gasteiger partial charge in [-0.2, -0.15) is 0 Å². The molecule has 0 atom stereocenters. The molecule has 1 rings (SSSR count). The highest BCUT2D eigenvalue weighted by Crippen LogP contribution is 2.26. The zero-order valence-corrected chi connectivity index (χ0v) is 8.24. The normalized spacial score (nSPS) is 21.1. The summed E-state index contributed by atoms with van der Waals surface area (Å²) >= 11 is 0. The van der Waals surface area contributed by atoms with Crippen molar-refractivity contribution in [3.05, 3.63) is 0 Å². The predicted octanol–water partition coefficient (Wildman–Crippen LogP) is -0.101. The van der Waals surface area contributed by atoms with Gasteiger partial charge in [0.1, 0.15) is 17.7 Å². The summed E-state index contributed by atoms with van der Waals surface area (Å²) < 4.78 is 0. The van der Waals surface area contributed by atoms with Crippen molar-refractivity contribution in [3.63, 3.8) is 0 Å². The Hall–Kier alpha value is -1.39. The third kappa shape index (κ3) is 1.76. The lowest BCUT2D eigenvalue weighted by Crippen LogP contribution is -2.52. The van der Waals surface area contributed by atoms with Gasteiger partial charge >= 0.3 is 5.97 Å². The molecule has 0 radical (unpaired) electrons. The van der Waals surface area contributed by atoms with Crippen molar-refractivity contribution in [2.75, 3.05) is 13.1 Å². The summed E-state index contributed by atoms with van der Waals surface area (Å²) in [5, 5.41) is 8.54. The van der Waals surface area contributed by atoms with Crippen molar-refractivity contribution in [2.45, 2.75) is 20.3 Å². The molecule has 78 valence electrons. The zero-order chi connectivity index (χ0) is 10.9. The van der Waals surface area contributed by atoms with E-state index in [0.29, 0.717) is 0 Å². The molecule has 0 aliphatic carbocycles. The van der Waals surface area contributed by atoms with Crippen molar-refractivity contribution < 1.29 is 19.5 Å². The lowest BCUT2D eigenvalue weighted by Gasteiger charge is -2.34. The lowest BCUT2D eigenvalue weighted by atomic mass is 9.82. The van der Waals surface area contributed by atoms with E-state index in [1.807, 2.05) is 0 Å². The SMILES string of the molecule is CC1(C)C(=O)CCN(CC(=O)O)C1=O. The van der Waals surface area contributed by atoms with Crippen LogP contribution >= 0.6 is 0 Å². The topological polar surface area (TPSA) is 74.7 Å². The van der Waals surface area contributed by atoms with Crippen LogP contribution in [0.3, 0.4) is 0 Å². The first-order valence-electron chi connectivity index (χ1n) is 4.40. The molecule has 0 bridgehead atoms. The fourth-order valence-corrected chi connectivity index (χ4v) is 1.48. The van der Waals surface area contributed by atoms with E-state index in [0.717, 1.165) is 0 Å². The standard InChI is InChI=1S/C9H13NO4/c1-9(2)6(11)3-4-10(8(9)14)5-7(12)13/h3-5H2,1-2H3,(H,12,13). The van der Waals surface area contributed by atoms with Gasteiger partial charge < -0.3 is 10.0 Å². The molecule has 1 aliphatic heterocycles. The highest BCUT2D eigenvalue weighted by Gasteiger charge is 2.42. The molecule has 1 heterocycles. The number of carboxylic acids is 1. The van der Waals surface area contributed by atoms with Crippen LogP contribution in [0.15, 0.2) is 0 Å². The predicted molar refractivity (Wildman–Crippen MR) is 47.6 cm³/mol. The van der Waals surface area contributed by atoms with Crippen LogP contribution in [0.5, 0.6) is 0 Å². The van der Waals surface area contributed by atoms with Gasteiger partial charge in [-0.1, -0.05) is 0 Å². The van der Waals surface area contributed by atoms with Gasteiger partial charge in [-0.15, -0.1) is 0 Å². The van der Waals surface area contributed by atoms with E-state index in [2.05, 4.69) is 0 Å². The molecule has 0 aromatic heterocycles. The van der Waals surface area contributed by atoms with E-state index in [1.54, 1.807) is 0 Å². The summed E-state index contributed by atoms with van der Waals surface area (Å²) in [6.45, 7) is 2.96. The van der Waals surface area contributed by atoms with E-state index in [9.17, 15) is 14.4 Å². The molecule has 5 nitrogen and oxygen atoms in total. The molecule has 1 saturated heterocycles. The molecule has 1 aliphatic rings. The number of carbonyl (C=O) groups is 3. The molecule has 0 saturated carbocycles. The molecular weight excluding hydrogens is 186 g/mol. The number of carbonyl (C=O) groups excluding carboxylic acids is 2. The quantitative estimate of drug-likeness (QED) is 0.630. The minimum Gasteiger partial charge on any atom is -0.480 e. The van der Waals surface area contributed by atoms with E-state index < -0.39 is 17.3 Å². The Kier molecular flexibility index (Phi) is 2.59. The van der Waals surface area contributed by atoms with Crippen LogP contribution in [-0.4, -0.2) is 40.8 Å². The second-order valence-corrected chi connectivity index (χ2v) is 3.92. The smallest absolute Gasteiger partial charge is 0.323 e. The average Bonchev–Trinajstić information content (AvgIpc) is 2.07. The van der Waals surface area contributed by atoms with Crippen molar-refractivity contribution >= 4 is 17.7 Å². The second kappa shape index (κ2) is 3.40. The molecule has 1 N–H and O–H groups in total. The van der Waals surface area contributed by atoms with E-state index in [4.69, 9.17) is 5.11 Å². The molecule has 0 spiro atoms. The number of Topliss-reactive ketones (excluding diaryl/α,β-unsaturated/α-hetero) is 1. The van der Waals surface area contributed by atoms with Gasteiger partial charge in [0.15, 0.2) is 0 Å². The number of aliphatic carboxylic acids is 1. The van der Waals surface area contributed by atoms with Crippen LogP contribution in [0.2, 0.25) is 0 Å². The first kappa shape index (κ1) is 10.7. The molecule has 14 heavy (non-hydrogen) atoms. The van der Waals surface area contributed by atoms with Crippen molar-refractivity contribution in [1.82, 2.24) is 4.90 Å². The Balaban J connectivity index is 2.80. The average molecular weight is 199 g/mol.